The molecule has 21 heavy (non-hydrogen) atoms. The molecular weight excluding hydrogens is 280 g/mol. The van der Waals surface area contributed by atoms with Gasteiger partial charge in [0, 0.05) is 6.42 Å². The normalized spacial score (nSPS) is 28.9. The maximum atomic E-state index is 10.5. The third-order valence-corrected chi connectivity index (χ3v) is 3.69. The van der Waals surface area contributed by atoms with E-state index in [0.717, 1.165) is 5.69 Å². The summed E-state index contributed by atoms with van der Waals surface area (Å²) in [6, 6.07) is -1.01. The van der Waals surface area contributed by atoms with Crippen molar-refractivity contribution in [3.63, 3.8) is 0 Å². The van der Waals surface area contributed by atoms with Crippen molar-refractivity contribution < 1.29 is 25.2 Å². The lowest BCUT2D eigenvalue weighted by molar-refractivity contribution is -0.137. The van der Waals surface area contributed by atoms with Crippen LogP contribution in [0.25, 0.3) is 0 Å². The van der Waals surface area contributed by atoms with Crippen LogP contribution in [-0.4, -0.2) is 72.3 Å². The lowest BCUT2D eigenvalue weighted by atomic mass is 10.1. The van der Waals surface area contributed by atoms with E-state index in [1.165, 1.54) is 0 Å². The van der Waals surface area contributed by atoms with Gasteiger partial charge in [0.1, 0.15) is 0 Å². The fourth-order valence-electron chi connectivity index (χ4n) is 2.50. The van der Waals surface area contributed by atoms with Gasteiger partial charge in [0.25, 0.3) is 0 Å². The molecule has 0 saturated carbocycles. The van der Waals surface area contributed by atoms with E-state index < -0.39 is 30.3 Å². The van der Waals surface area contributed by atoms with E-state index >= 15 is 0 Å². The SMILES string of the molecule is O=C(O)CCCc1cnnn1C[C@H]1N[C@H](CO)[C@@H](O)[C@@H]1O. The molecule has 0 amide bonds. The van der Waals surface area contributed by atoms with Crippen LogP contribution in [0.5, 0.6) is 0 Å². The van der Waals surface area contributed by atoms with Gasteiger partial charge in [-0.1, -0.05) is 5.21 Å². The molecule has 0 bridgehead atoms. The second kappa shape index (κ2) is 6.94. The number of carboxylic acid groups (broad SMARTS) is 1. The Morgan fingerprint density at radius 2 is 2.05 bits per heavy atom. The summed E-state index contributed by atoms with van der Waals surface area (Å²) in [5, 5.41) is 48.1. The second-order valence-corrected chi connectivity index (χ2v) is 5.20. The molecular formula is C12H20N4O5. The minimum Gasteiger partial charge on any atom is -0.481 e. The third kappa shape index (κ3) is 3.76. The Balaban J connectivity index is 1.94. The maximum Gasteiger partial charge on any atom is 0.303 e. The van der Waals surface area contributed by atoms with Crippen molar-refractivity contribution in [2.24, 2.45) is 0 Å². The first kappa shape index (κ1) is 15.8. The monoisotopic (exact) mass is 300 g/mol. The number of hydrogen-bond donors (Lipinski definition) is 5. The molecule has 9 heteroatoms. The lowest BCUT2D eigenvalue weighted by Crippen LogP contribution is -2.38. The van der Waals surface area contributed by atoms with Gasteiger partial charge in [0.05, 0.1) is 49.3 Å². The molecule has 0 aliphatic carbocycles. The summed E-state index contributed by atoms with van der Waals surface area (Å²) in [6.07, 6.45) is 0.598. The van der Waals surface area contributed by atoms with Crippen LogP contribution in [0.2, 0.25) is 0 Å². The zero-order valence-corrected chi connectivity index (χ0v) is 11.5. The van der Waals surface area contributed by atoms with Crippen molar-refractivity contribution in [1.82, 2.24) is 20.3 Å². The number of carboxylic acids is 1. The number of aromatic nitrogens is 3. The summed E-state index contributed by atoms with van der Waals surface area (Å²) in [7, 11) is 0. The second-order valence-electron chi connectivity index (χ2n) is 5.20. The van der Waals surface area contributed by atoms with Gasteiger partial charge in [-0.3, -0.25) is 4.79 Å². The number of nitrogens with one attached hydrogen (secondary N) is 1. The third-order valence-electron chi connectivity index (χ3n) is 3.69. The van der Waals surface area contributed by atoms with Gasteiger partial charge in [-0.25, -0.2) is 4.68 Å². The van der Waals surface area contributed by atoms with E-state index in [2.05, 4.69) is 15.6 Å². The number of aliphatic hydroxyl groups is 3. The molecule has 0 radical (unpaired) electrons. The summed E-state index contributed by atoms with van der Waals surface area (Å²) in [5.74, 6) is -0.851. The Kier molecular flexibility index (Phi) is 5.23. The maximum absolute atomic E-state index is 10.5. The van der Waals surface area contributed by atoms with E-state index in [1.54, 1.807) is 10.9 Å². The molecule has 0 spiro atoms. The average molecular weight is 300 g/mol. The van der Waals surface area contributed by atoms with Gasteiger partial charge in [-0.2, -0.15) is 0 Å². The number of aryl methyl sites for hydroxylation is 1. The zero-order chi connectivity index (χ0) is 15.4. The molecule has 1 fully saturated rings. The molecule has 1 aliphatic heterocycles. The molecule has 0 unspecified atom stereocenters. The summed E-state index contributed by atoms with van der Waals surface area (Å²) in [6.45, 7) is 0.0225. The van der Waals surface area contributed by atoms with Crippen LogP contribution in [0, 0.1) is 0 Å². The van der Waals surface area contributed by atoms with E-state index in [1.807, 2.05) is 0 Å². The van der Waals surface area contributed by atoms with Crippen LogP contribution in [0.4, 0.5) is 0 Å². The standard InChI is InChI=1S/C12H20N4O5/c17-6-9-12(21)11(20)8(14-9)5-16-7(4-13-15-16)2-1-3-10(18)19/h4,8-9,11-12,14,17,20-21H,1-3,5-6H2,(H,18,19)/t8-,9-,11-,12-/m1/s1. The van der Waals surface area contributed by atoms with Crippen LogP contribution >= 0.6 is 0 Å². The van der Waals surface area contributed by atoms with Gasteiger partial charge in [0.2, 0.25) is 0 Å². The molecule has 2 heterocycles. The van der Waals surface area contributed by atoms with E-state index in [0.29, 0.717) is 12.8 Å². The predicted molar refractivity (Wildman–Crippen MR) is 70.4 cm³/mol. The number of aliphatic hydroxyl groups excluding tert-OH is 3. The quantitative estimate of drug-likeness (QED) is 0.380. The molecule has 4 atom stereocenters. The molecule has 1 aromatic rings. The Hall–Kier alpha value is -1.55. The van der Waals surface area contributed by atoms with Crippen molar-refractivity contribution in [3.8, 4) is 0 Å². The van der Waals surface area contributed by atoms with Crippen molar-refractivity contribution in [1.29, 1.82) is 0 Å². The Labute approximate surface area is 121 Å². The highest BCUT2D eigenvalue weighted by Crippen LogP contribution is 2.16. The minimum absolute atomic E-state index is 0.0702. The molecule has 0 aromatic carbocycles. The van der Waals surface area contributed by atoms with Crippen molar-refractivity contribution in [3.05, 3.63) is 11.9 Å². The van der Waals surface area contributed by atoms with Crippen molar-refractivity contribution >= 4 is 5.97 Å². The number of aliphatic carboxylic acids is 1. The fraction of sp³-hybridized carbons (Fsp3) is 0.750. The van der Waals surface area contributed by atoms with Gasteiger partial charge < -0.3 is 25.7 Å². The van der Waals surface area contributed by atoms with Crippen LogP contribution in [0.3, 0.4) is 0 Å². The van der Waals surface area contributed by atoms with Crippen LogP contribution in [0.15, 0.2) is 6.20 Å². The van der Waals surface area contributed by atoms with Crippen LogP contribution in [-0.2, 0) is 17.8 Å². The molecule has 5 N–H and O–H groups in total. The van der Waals surface area contributed by atoms with Gasteiger partial charge in [-0.15, -0.1) is 5.10 Å². The van der Waals surface area contributed by atoms with E-state index in [9.17, 15) is 15.0 Å². The number of nitrogens with zero attached hydrogens (tertiary/aromatic N) is 3. The number of hydrogen-bond acceptors (Lipinski definition) is 7. The molecule has 1 aliphatic rings. The van der Waals surface area contributed by atoms with Crippen LogP contribution < -0.4 is 5.32 Å². The Morgan fingerprint density at radius 1 is 1.33 bits per heavy atom. The predicted octanol–water partition coefficient (Wildman–Crippen LogP) is -2.26. The average Bonchev–Trinajstić information content (AvgIpc) is 2.98. The smallest absolute Gasteiger partial charge is 0.303 e. The summed E-state index contributed by atoms with van der Waals surface area (Å²) in [4.78, 5) is 10.5. The molecule has 9 nitrogen and oxygen atoms in total. The highest BCUT2D eigenvalue weighted by atomic mass is 16.4. The fourth-order valence-corrected chi connectivity index (χ4v) is 2.50. The van der Waals surface area contributed by atoms with Gasteiger partial charge in [-0.05, 0) is 12.8 Å². The first-order valence-electron chi connectivity index (χ1n) is 6.85. The van der Waals surface area contributed by atoms with Gasteiger partial charge >= 0.3 is 5.97 Å². The highest BCUT2D eigenvalue weighted by molar-refractivity contribution is 5.66. The minimum atomic E-state index is -1.03. The zero-order valence-electron chi connectivity index (χ0n) is 11.5. The number of carbonyl (C=O) groups is 1. The number of rotatable bonds is 7. The Bertz CT molecular complexity index is 480. The Morgan fingerprint density at radius 3 is 2.67 bits per heavy atom. The molecule has 2 rings (SSSR count). The topological polar surface area (TPSA) is 141 Å². The largest absolute Gasteiger partial charge is 0.481 e. The molecule has 1 saturated heterocycles. The van der Waals surface area contributed by atoms with Crippen molar-refractivity contribution in [2.45, 2.75) is 50.1 Å². The van der Waals surface area contributed by atoms with E-state index in [-0.39, 0.29) is 19.6 Å². The van der Waals surface area contributed by atoms with Crippen LogP contribution in [0.1, 0.15) is 18.5 Å². The lowest BCUT2D eigenvalue weighted by Gasteiger charge is -2.16. The molecule has 118 valence electrons. The van der Waals surface area contributed by atoms with Gasteiger partial charge in [0.15, 0.2) is 0 Å². The highest BCUT2D eigenvalue weighted by Gasteiger charge is 2.40. The van der Waals surface area contributed by atoms with Crippen molar-refractivity contribution in [2.75, 3.05) is 6.61 Å². The summed E-state index contributed by atoms with van der Waals surface area (Å²) in [5.41, 5.74) is 0.771. The first-order chi connectivity index (χ1) is 10.0. The molecule has 1 aromatic heterocycles. The summed E-state index contributed by atoms with van der Waals surface area (Å²) >= 11 is 0. The van der Waals surface area contributed by atoms with E-state index in [4.69, 9.17) is 10.2 Å². The first-order valence-corrected chi connectivity index (χ1v) is 6.85. The summed E-state index contributed by atoms with van der Waals surface area (Å²) < 4.78 is 1.58.